The first-order valence-corrected chi connectivity index (χ1v) is 7.54. The average molecular weight is 273 g/mol. The van der Waals surface area contributed by atoms with Gasteiger partial charge in [0.1, 0.15) is 0 Å². The lowest BCUT2D eigenvalue weighted by Crippen LogP contribution is -2.54. The van der Waals surface area contributed by atoms with Crippen molar-refractivity contribution < 1.29 is 4.79 Å². The van der Waals surface area contributed by atoms with E-state index in [1.54, 1.807) is 0 Å². The summed E-state index contributed by atoms with van der Waals surface area (Å²) in [6.07, 6.45) is 4.30. The number of hydrogen-bond donors (Lipinski definition) is 2. The number of carbonyl (C=O) groups excluding carboxylic acids is 1. The Hall–Kier alpha value is -1.55. The van der Waals surface area contributed by atoms with Gasteiger partial charge >= 0.3 is 0 Å². The van der Waals surface area contributed by atoms with Crippen LogP contribution in [0, 0.1) is 5.41 Å². The molecule has 4 heteroatoms. The molecule has 0 aromatic heterocycles. The largest absolute Gasteiger partial charge is 0.399 e. The van der Waals surface area contributed by atoms with Crippen molar-refractivity contribution in [2.75, 3.05) is 25.4 Å². The maximum Gasteiger partial charge on any atom is 0.230 e. The maximum atomic E-state index is 12.8. The van der Waals surface area contributed by atoms with E-state index in [-0.39, 0.29) is 5.41 Å². The number of nitrogens with one attached hydrogen (secondary N) is 1. The van der Waals surface area contributed by atoms with Gasteiger partial charge in [0.2, 0.25) is 5.91 Å². The van der Waals surface area contributed by atoms with E-state index in [4.69, 9.17) is 5.73 Å². The van der Waals surface area contributed by atoms with Crippen LogP contribution in [0.25, 0.3) is 0 Å². The topological polar surface area (TPSA) is 58.4 Å². The third kappa shape index (κ3) is 2.52. The van der Waals surface area contributed by atoms with Crippen LogP contribution in [-0.2, 0) is 11.3 Å². The molecule has 0 bridgehead atoms. The molecule has 1 aromatic carbocycles. The Morgan fingerprint density at radius 2 is 1.95 bits per heavy atom. The smallest absolute Gasteiger partial charge is 0.230 e. The molecule has 0 radical (unpaired) electrons. The van der Waals surface area contributed by atoms with Gasteiger partial charge in [-0.25, -0.2) is 0 Å². The number of hydrogen-bond acceptors (Lipinski definition) is 3. The van der Waals surface area contributed by atoms with Crippen LogP contribution in [0.3, 0.4) is 0 Å². The summed E-state index contributed by atoms with van der Waals surface area (Å²) in [5.74, 6) is 0.341. The number of anilines is 1. The monoisotopic (exact) mass is 273 g/mol. The number of carbonyl (C=O) groups is 1. The third-order valence-electron chi connectivity index (χ3n) is 4.65. The summed E-state index contributed by atoms with van der Waals surface area (Å²) in [5, 5.41) is 3.40. The molecule has 3 rings (SSSR count). The quantitative estimate of drug-likeness (QED) is 0.807. The highest BCUT2D eigenvalue weighted by Crippen LogP contribution is 2.37. The molecule has 1 aromatic rings. The van der Waals surface area contributed by atoms with Crippen LogP contribution < -0.4 is 11.1 Å². The molecule has 20 heavy (non-hydrogen) atoms. The van der Waals surface area contributed by atoms with Crippen molar-refractivity contribution in [2.45, 2.75) is 32.2 Å². The Kier molecular flexibility index (Phi) is 3.66. The van der Waals surface area contributed by atoms with Crippen molar-refractivity contribution in [3.8, 4) is 0 Å². The van der Waals surface area contributed by atoms with Crippen LogP contribution in [0.4, 0.5) is 5.69 Å². The zero-order chi connectivity index (χ0) is 14.0. The zero-order valence-electron chi connectivity index (χ0n) is 11.9. The second kappa shape index (κ2) is 5.44. The van der Waals surface area contributed by atoms with Gasteiger partial charge in [-0.3, -0.25) is 4.79 Å². The molecule has 3 N–H and O–H groups in total. The Bertz CT molecular complexity index is 471. The number of benzene rings is 1. The molecular weight excluding hydrogens is 250 g/mol. The molecular formula is C16H23N3O. The number of nitrogens with two attached hydrogens (primary N) is 1. The predicted molar refractivity (Wildman–Crippen MR) is 80.0 cm³/mol. The molecule has 108 valence electrons. The molecule has 4 nitrogen and oxygen atoms in total. The minimum absolute atomic E-state index is 0.135. The van der Waals surface area contributed by atoms with Crippen molar-refractivity contribution in [1.29, 1.82) is 0 Å². The highest BCUT2D eigenvalue weighted by atomic mass is 16.2. The van der Waals surface area contributed by atoms with E-state index in [2.05, 4.69) is 5.32 Å². The highest BCUT2D eigenvalue weighted by Gasteiger charge is 2.44. The van der Waals surface area contributed by atoms with Crippen LogP contribution in [0.5, 0.6) is 0 Å². The number of piperidine rings is 2. The Labute approximate surface area is 120 Å². The summed E-state index contributed by atoms with van der Waals surface area (Å²) in [6.45, 7) is 3.49. The second-order valence-electron chi connectivity index (χ2n) is 6.13. The summed E-state index contributed by atoms with van der Waals surface area (Å²) in [7, 11) is 0. The number of nitrogens with zero attached hydrogens (tertiary/aromatic N) is 1. The Balaban J connectivity index is 1.73. The molecule has 1 spiro atoms. The van der Waals surface area contributed by atoms with Crippen LogP contribution in [0.15, 0.2) is 24.3 Å². The summed E-state index contributed by atoms with van der Waals surface area (Å²) in [4.78, 5) is 14.9. The SMILES string of the molecule is Nc1ccc(CN2CCCC3(CCCNC3)C2=O)cc1. The van der Waals surface area contributed by atoms with Crippen LogP contribution >= 0.6 is 0 Å². The van der Waals surface area contributed by atoms with Crippen molar-refractivity contribution in [1.82, 2.24) is 10.2 Å². The molecule has 2 heterocycles. The lowest BCUT2D eigenvalue weighted by molar-refractivity contribution is -0.148. The van der Waals surface area contributed by atoms with Gasteiger partial charge in [0, 0.05) is 25.3 Å². The van der Waals surface area contributed by atoms with Crippen molar-refractivity contribution in [3.05, 3.63) is 29.8 Å². The van der Waals surface area contributed by atoms with Crippen molar-refractivity contribution in [2.24, 2.45) is 5.41 Å². The summed E-state index contributed by atoms with van der Waals surface area (Å²) in [5.41, 5.74) is 7.51. The number of nitrogen functional groups attached to an aromatic ring is 1. The summed E-state index contributed by atoms with van der Waals surface area (Å²) in [6, 6.07) is 7.84. The summed E-state index contributed by atoms with van der Waals surface area (Å²) < 4.78 is 0. The molecule has 1 amide bonds. The zero-order valence-corrected chi connectivity index (χ0v) is 11.9. The molecule has 2 saturated heterocycles. The van der Waals surface area contributed by atoms with E-state index in [1.807, 2.05) is 29.2 Å². The fourth-order valence-electron chi connectivity index (χ4n) is 3.51. The second-order valence-corrected chi connectivity index (χ2v) is 6.13. The van der Waals surface area contributed by atoms with E-state index in [0.29, 0.717) is 12.5 Å². The van der Waals surface area contributed by atoms with Gasteiger partial charge in [0.15, 0.2) is 0 Å². The van der Waals surface area contributed by atoms with E-state index in [9.17, 15) is 4.79 Å². The van der Waals surface area contributed by atoms with Crippen LogP contribution in [0.1, 0.15) is 31.2 Å². The third-order valence-corrected chi connectivity index (χ3v) is 4.65. The first kappa shape index (κ1) is 13.4. The molecule has 2 fully saturated rings. The van der Waals surface area contributed by atoms with Gasteiger partial charge in [-0.1, -0.05) is 12.1 Å². The number of amides is 1. The van der Waals surface area contributed by atoms with Crippen molar-refractivity contribution >= 4 is 11.6 Å². The fraction of sp³-hybridized carbons (Fsp3) is 0.562. The van der Waals surface area contributed by atoms with Gasteiger partial charge in [0.05, 0.1) is 5.41 Å². The van der Waals surface area contributed by atoms with Crippen molar-refractivity contribution in [3.63, 3.8) is 0 Å². The van der Waals surface area contributed by atoms with Crippen LogP contribution in [-0.4, -0.2) is 30.4 Å². The standard InChI is InChI=1S/C16H23N3O/c17-14-5-3-13(4-6-14)11-19-10-2-8-16(15(19)20)7-1-9-18-12-16/h3-6,18H,1-2,7-12,17H2. The Morgan fingerprint density at radius 3 is 2.65 bits per heavy atom. The fourth-order valence-corrected chi connectivity index (χ4v) is 3.51. The first-order chi connectivity index (χ1) is 9.70. The normalized spacial score (nSPS) is 27.0. The lowest BCUT2D eigenvalue weighted by atomic mass is 9.73. The van der Waals surface area contributed by atoms with Gasteiger partial charge in [-0.05, 0) is 49.9 Å². The minimum atomic E-state index is -0.135. The maximum absolute atomic E-state index is 12.8. The first-order valence-electron chi connectivity index (χ1n) is 7.54. The van der Waals surface area contributed by atoms with E-state index < -0.39 is 0 Å². The molecule has 2 aliphatic rings. The predicted octanol–water partition coefficient (Wildman–Crippen LogP) is 1.76. The molecule has 1 unspecified atom stereocenters. The van der Waals surface area contributed by atoms with Gasteiger partial charge in [-0.15, -0.1) is 0 Å². The van der Waals surface area contributed by atoms with E-state index in [0.717, 1.165) is 56.6 Å². The number of likely N-dealkylation sites (tertiary alicyclic amines) is 1. The summed E-state index contributed by atoms with van der Waals surface area (Å²) >= 11 is 0. The molecule has 1 atom stereocenters. The van der Waals surface area contributed by atoms with E-state index in [1.165, 1.54) is 0 Å². The van der Waals surface area contributed by atoms with Gasteiger partial charge in [-0.2, -0.15) is 0 Å². The highest BCUT2D eigenvalue weighted by molar-refractivity contribution is 5.84. The molecule has 2 aliphatic heterocycles. The molecule has 0 saturated carbocycles. The average Bonchev–Trinajstić information content (AvgIpc) is 2.47. The van der Waals surface area contributed by atoms with Crippen LogP contribution in [0.2, 0.25) is 0 Å². The molecule has 0 aliphatic carbocycles. The lowest BCUT2D eigenvalue weighted by Gasteiger charge is -2.44. The Morgan fingerprint density at radius 1 is 1.20 bits per heavy atom. The number of rotatable bonds is 2. The van der Waals surface area contributed by atoms with Gasteiger partial charge in [0.25, 0.3) is 0 Å². The van der Waals surface area contributed by atoms with Gasteiger partial charge < -0.3 is 16.0 Å². The minimum Gasteiger partial charge on any atom is -0.399 e. The van der Waals surface area contributed by atoms with E-state index >= 15 is 0 Å².